The smallest absolute Gasteiger partial charge is 0.0326 e. The molecule has 1 aromatic carbocycles. The van der Waals surface area contributed by atoms with Gasteiger partial charge in [-0.3, -0.25) is 0 Å². The molecule has 3 unspecified atom stereocenters. The highest BCUT2D eigenvalue weighted by molar-refractivity contribution is 7.99. The molecular weight excluding hydrogens is 250 g/mol. The Balaban J connectivity index is 2.06. The third-order valence-electron chi connectivity index (χ3n) is 4.53. The van der Waals surface area contributed by atoms with E-state index in [1.807, 2.05) is 11.8 Å². The zero-order valence-corrected chi connectivity index (χ0v) is 13.1. The van der Waals surface area contributed by atoms with Crippen molar-refractivity contribution in [1.29, 1.82) is 0 Å². The lowest BCUT2D eigenvalue weighted by atomic mass is 9.73. The van der Waals surface area contributed by atoms with E-state index in [1.54, 1.807) is 0 Å². The van der Waals surface area contributed by atoms with Gasteiger partial charge in [0.25, 0.3) is 0 Å². The van der Waals surface area contributed by atoms with E-state index in [9.17, 15) is 0 Å². The van der Waals surface area contributed by atoms with Crippen molar-refractivity contribution in [2.45, 2.75) is 56.9 Å². The molecule has 0 aliphatic heterocycles. The average Bonchev–Trinajstić information content (AvgIpc) is 2.47. The predicted molar refractivity (Wildman–Crippen MR) is 85.5 cm³/mol. The van der Waals surface area contributed by atoms with E-state index in [1.165, 1.54) is 42.6 Å². The molecule has 1 fully saturated rings. The van der Waals surface area contributed by atoms with Crippen LogP contribution in [0.1, 0.15) is 57.6 Å². The highest BCUT2D eigenvalue weighted by Gasteiger charge is 2.29. The average molecular weight is 277 g/mol. The minimum atomic E-state index is 0.228. The van der Waals surface area contributed by atoms with Gasteiger partial charge in [0.05, 0.1) is 0 Å². The minimum Gasteiger partial charge on any atom is -0.324 e. The quantitative estimate of drug-likeness (QED) is 0.765. The number of hydrogen-bond donors (Lipinski definition) is 1. The van der Waals surface area contributed by atoms with E-state index in [2.05, 4.69) is 38.1 Å². The van der Waals surface area contributed by atoms with Gasteiger partial charge < -0.3 is 5.73 Å². The van der Waals surface area contributed by atoms with Gasteiger partial charge in [0.1, 0.15) is 0 Å². The molecule has 0 radical (unpaired) electrons. The standard InChI is InChI=1S/C17H27NS/c1-3-13-7-5-6-8-16(13)17(18)14-9-11-15(12-10-14)19-4-2/h9-13,16-17H,3-8,18H2,1-2H3. The predicted octanol–water partition coefficient (Wildman–Crippen LogP) is 5.01. The summed E-state index contributed by atoms with van der Waals surface area (Å²) in [5, 5.41) is 0. The maximum absolute atomic E-state index is 6.55. The lowest BCUT2D eigenvalue weighted by molar-refractivity contribution is 0.196. The Morgan fingerprint density at radius 3 is 2.47 bits per heavy atom. The molecule has 3 atom stereocenters. The molecule has 1 aliphatic rings. The van der Waals surface area contributed by atoms with Crippen LogP contribution in [0.25, 0.3) is 0 Å². The van der Waals surface area contributed by atoms with E-state index in [4.69, 9.17) is 5.73 Å². The Morgan fingerprint density at radius 2 is 1.84 bits per heavy atom. The fourth-order valence-corrected chi connectivity index (χ4v) is 4.08. The number of thioether (sulfide) groups is 1. The third-order valence-corrected chi connectivity index (χ3v) is 5.42. The summed E-state index contributed by atoms with van der Waals surface area (Å²) in [6, 6.07) is 9.17. The van der Waals surface area contributed by atoms with E-state index in [-0.39, 0.29) is 6.04 Å². The molecule has 0 heterocycles. The van der Waals surface area contributed by atoms with Crippen LogP contribution in [-0.4, -0.2) is 5.75 Å². The van der Waals surface area contributed by atoms with E-state index in [0.717, 1.165) is 11.7 Å². The van der Waals surface area contributed by atoms with Gasteiger partial charge in [0.15, 0.2) is 0 Å². The maximum atomic E-state index is 6.55. The topological polar surface area (TPSA) is 26.0 Å². The van der Waals surface area contributed by atoms with Gasteiger partial charge in [0, 0.05) is 10.9 Å². The number of rotatable bonds is 5. The first-order valence-corrected chi connectivity index (χ1v) is 8.73. The van der Waals surface area contributed by atoms with Crippen molar-refractivity contribution < 1.29 is 0 Å². The van der Waals surface area contributed by atoms with Crippen LogP contribution in [0.3, 0.4) is 0 Å². The summed E-state index contributed by atoms with van der Waals surface area (Å²) in [6.45, 7) is 4.51. The summed E-state index contributed by atoms with van der Waals surface area (Å²) in [4.78, 5) is 1.36. The summed E-state index contributed by atoms with van der Waals surface area (Å²) in [5.74, 6) is 2.64. The van der Waals surface area contributed by atoms with Crippen molar-refractivity contribution in [2.75, 3.05) is 5.75 Å². The van der Waals surface area contributed by atoms with E-state index >= 15 is 0 Å². The maximum Gasteiger partial charge on any atom is 0.0326 e. The van der Waals surface area contributed by atoms with Crippen molar-refractivity contribution >= 4 is 11.8 Å². The summed E-state index contributed by atoms with van der Waals surface area (Å²) < 4.78 is 0. The largest absolute Gasteiger partial charge is 0.324 e. The van der Waals surface area contributed by atoms with Crippen LogP contribution in [0.15, 0.2) is 29.2 Å². The first kappa shape index (κ1) is 14.9. The van der Waals surface area contributed by atoms with Crippen LogP contribution in [0.2, 0.25) is 0 Å². The molecule has 106 valence electrons. The normalized spacial score (nSPS) is 25.2. The molecule has 2 N–H and O–H groups in total. The monoisotopic (exact) mass is 277 g/mol. The van der Waals surface area contributed by atoms with Crippen LogP contribution in [0.4, 0.5) is 0 Å². The first-order valence-electron chi connectivity index (χ1n) is 7.74. The van der Waals surface area contributed by atoms with Gasteiger partial charge in [-0.15, -0.1) is 11.8 Å². The Morgan fingerprint density at radius 1 is 1.16 bits per heavy atom. The molecule has 0 spiro atoms. The van der Waals surface area contributed by atoms with Crippen LogP contribution < -0.4 is 5.73 Å². The second kappa shape index (κ2) is 7.35. The van der Waals surface area contributed by atoms with Crippen LogP contribution >= 0.6 is 11.8 Å². The van der Waals surface area contributed by atoms with Crippen molar-refractivity contribution in [1.82, 2.24) is 0 Å². The van der Waals surface area contributed by atoms with Crippen LogP contribution in [0, 0.1) is 11.8 Å². The van der Waals surface area contributed by atoms with Crippen molar-refractivity contribution in [2.24, 2.45) is 17.6 Å². The highest BCUT2D eigenvalue weighted by Crippen LogP contribution is 2.39. The molecule has 19 heavy (non-hydrogen) atoms. The van der Waals surface area contributed by atoms with Gasteiger partial charge in [-0.1, -0.05) is 51.7 Å². The van der Waals surface area contributed by atoms with Crippen molar-refractivity contribution in [3.8, 4) is 0 Å². The van der Waals surface area contributed by atoms with Gasteiger partial charge in [-0.25, -0.2) is 0 Å². The number of hydrogen-bond acceptors (Lipinski definition) is 2. The molecule has 1 nitrogen and oxygen atoms in total. The number of nitrogens with two attached hydrogens (primary N) is 1. The molecule has 0 amide bonds. The lowest BCUT2D eigenvalue weighted by Gasteiger charge is -2.35. The minimum absolute atomic E-state index is 0.228. The van der Waals surface area contributed by atoms with Crippen LogP contribution in [-0.2, 0) is 0 Å². The number of benzene rings is 1. The van der Waals surface area contributed by atoms with Gasteiger partial charge in [-0.05, 0) is 41.7 Å². The Hall–Kier alpha value is -0.470. The van der Waals surface area contributed by atoms with Crippen LogP contribution in [0.5, 0.6) is 0 Å². The fourth-order valence-electron chi connectivity index (χ4n) is 3.42. The van der Waals surface area contributed by atoms with Crippen molar-refractivity contribution in [3.63, 3.8) is 0 Å². The van der Waals surface area contributed by atoms with Gasteiger partial charge in [-0.2, -0.15) is 0 Å². The molecule has 1 aromatic rings. The van der Waals surface area contributed by atoms with E-state index in [0.29, 0.717) is 5.92 Å². The van der Waals surface area contributed by atoms with E-state index < -0.39 is 0 Å². The SMILES string of the molecule is CCSc1ccc(C(N)C2CCCCC2CC)cc1. The fraction of sp³-hybridized carbons (Fsp3) is 0.647. The van der Waals surface area contributed by atoms with Crippen molar-refractivity contribution in [3.05, 3.63) is 29.8 Å². The summed E-state index contributed by atoms with van der Waals surface area (Å²) in [6.07, 6.45) is 6.72. The Labute approximate surface area is 122 Å². The lowest BCUT2D eigenvalue weighted by Crippen LogP contribution is -2.30. The molecule has 0 saturated heterocycles. The zero-order valence-electron chi connectivity index (χ0n) is 12.3. The molecule has 0 aromatic heterocycles. The highest BCUT2D eigenvalue weighted by atomic mass is 32.2. The summed E-state index contributed by atoms with van der Waals surface area (Å²) in [5.41, 5.74) is 7.88. The third kappa shape index (κ3) is 3.76. The molecule has 2 rings (SSSR count). The second-order valence-electron chi connectivity index (χ2n) is 5.64. The summed E-state index contributed by atoms with van der Waals surface area (Å²) >= 11 is 1.90. The Bertz CT molecular complexity index is 373. The van der Waals surface area contributed by atoms with Gasteiger partial charge >= 0.3 is 0 Å². The summed E-state index contributed by atoms with van der Waals surface area (Å²) in [7, 11) is 0. The molecule has 2 heteroatoms. The zero-order chi connectivity index (χ0) is 13.7. The second-order valence-corrected chi connectivity index (χ2v) is 6.98. The Kier molecular flexibility index (Phi) is 5.77. The molecule has 0 bridgehead atoms. The first-order chi connectivity index (χ1) is 9.26. The molecule has 1 aliphatic carbocycles. The van der Waals surface area contributed by atoms with Gasteiger partial charge in [0.2, 0.25) is 0 Å². The molecular formula is C17H27NS. The molecule has 1 saturated carbocycles.